The van der Waals surface area contributed by atoms with Crippen LogP contribution >= 0.6 is 0 Å². The highest BCUT2D eigenvalue weighted by molar-refractivity contribution is 6.02. The predicted octanol–water partition coefficient (Wildman–Crippen LogP) is 1.74. The first-order chi connectivity index (χ1) is 7.31. The van der Waals surface area contributed by atoms with Gasteiger partial charge in [0.25, 0.3) is 0 Å². The molecule has 5 nitrogen and oxygen atoms in total. The summed E-state index contributed by atoms with van der Waals surface area (Å²) in [6, 6.07) is 1.27. The van der Waals surface area contributed by atoms with Crippen LogP contribution in [0.3, 0.4) is 0 Å². The summed E-state index contributed by atoms with van der Waals surface area (Å²) in [5, 5.41) is 8.88. The van der Waals surface area contributed by atoms with Gasteiger partial charge in [-0.1, -0.05) is 0 Å². The minimum absolute atomic E-state index is 0.0371. The molecule has 1 N–H and O–H groups in total. The van der Waals surface area contributed by atoms with Gasteiger partial charge in [0.05, 0.1) is 11.1 Å². The van der Waals surface area contributed by atoms with E-state index in [1.807, 2.05) is 0 Å². The molecule has 1 heterocycles. The van der Waals surface area contributed by atoms with Gasteiger partial charge < -0.3 is 9.84 Å². The fraction of sp³-hybridized carbons (Fsp3) is 0.364. The van der Waals surface area contributed by atoms with Crippen LogP contribution in [0.4, 0.5) is 0 Å². The van der Waals surface area contributed by atoms with Crippen LogP contribution < -0.4 is 0 Å². The Morgan fingerprint density at radius 3 is 2.44 bits per heavy atom. The van der Waals surface area contributed by atoms with E-state index >= 15 is 0 Å². The molecule has 1 rings (SSSR count). The molecule has 0 bridgehead atoms. The zero-order chi connectivity index (χ0) is 12.3. The molecule has 0 aromatic carbocycles. The van der Waals surface area contributed by atoms with Gasteiger partial charge in [0, 0.05) is 12.4 Å². The van der Waals surface area contributed by atoms with E-state index < -0.39 is 17.5 Å². The van der Waals surface area contributed by atoms with Crippen LogP contribution in [-0.2, 0) is 4.74 Å². The molecule has 0 atom stereocenters. The highest BCUT2D eigenvalue weighted by Gasteiger charge is 2.22. The molecular weight excluding hydrogens is 210 g/mol. The molecule has 0 aliphatic heterocycles. The highest BCUT2D eigenvalue weighted by Crippen LogP contribution is 2.14. The van der Waals surface area contributed by atoms with Crippen LogP contribution in [0.1, 0.15) is 41.5 Å². The van der Waals surface area contributed by atoms with Crippen molar-refractivity contribution in [1.82, 2.24) is 4.98 Å². The first-order valence-corrected chi connectivity index (χ1v) is 4.72. The Kier molecular flexibility index (Phi) is 3.27. The molecule has 0 aliphatic carbocycles. The third-order valence-electron chi connectivity index (χ3n) is 1.67. The van der Waals surface area contributed by atoms with Crippen molar-refractivity contribution >= 4 is 11.9 Å². The fourth-order valence-electron chi connectivity index (χ4n) is 1.08. The molecule has 86 valence electrons. The largest absolute Gasteiger partial charge is 0.478 e. The molecular formula is C11H13NO4. The molecule has 0 aliphatic rings. The van der Waals surface area contributed by atoms with Crippen LogP contribution in [0.25, 0.3) is 0 Å². The van der Waals surface area contributed by atoms with E-state index in [4.69, 9.17) is 9.84 Å². The fourth-order valence-corrected chi connectivity index (χ4v) is 1.08. The molecule has 1 aromatic heterocycles. The number of hydrogen-bond acceptors (Lipinski definition) is 4. The van der Waals surface area contributed by atoms with Gasteiger partial charge in [0.1, 0.15) is 5.60 Å². The number of hydrogen-bond donors (Lipinski definition) is 1. The van der Waals surface area contributed by atoms with E-state index in [2.05, 4.69) is 4.98 Å². The molecule has 0 spiro atoms. The maximum absolute atomic E-state index is 11.7. The number of esters is 1. The Bertz CT molecular complexity index is 420. The SMILES string of the molecule is CC(C)(C)OC(=O)c1cnccc1C(=O)O. The third kappa shape index (κ3) is 3.05. The van der Waals surface area contributed by atoms with E-state index in [0.29, 0.717) is 0 Å². The van der Waals surface area contributed by atoms with E-state index in [0.717, 1.165) is 0 Å². The lowest BCUT2D eigenvalue weighted by atomic mass is 10.1. The first-order valence-electron chi connectivity index (χ1n) is 4.72. The van der Waals surface area contributed by atoms with Gasteiger partial charge >= 0.3 is 11.9 Å². The quantitative estimate of drug-likeness (QED) is 0.772. The van der Waals surface area contributed by atoms with Gasteiger partial charge in [-0.25, -0.2) is 9.59 Å². The number of carboxylic acid groups (broad SMARTS) is 1. The molecule has 0 radical (unpaired) electrons. The van der Waals surface area contributed by atoms with E-state index in [1.165, 1.54) is 18.5 Å². The van der Waals surface area contributed by atoms with E-state index in [-0.39, 0.29) is 11.1 Å². The van der Waals surface area contributed by atoms with Gasteiger partial charge in [-0.15, -0.1) is 0 Å². The van der Waals surface area contributed by atoms with Crippen molar-refractivity contribution in [1.29, 1.82) is 0 Å². The van der Waals surface area contributed by atoms with Crippen molar-refractivity contribution in [2.75, 3.05) is 0 Å². The Labute approximate surface area is 93.1 Å². The average Bonchev–Trinajstić information content (AvgIpc) is 2.15. The van der Waals surface area contributed by atoms with Gasteiger partial charge in [-0.3, -0.25) is 4.98 Å². The van der Waals surface area contributed by atoms with Crippen molar-refractivity contribution < 1.29 is 19.4 Å². The second-order valence-electron chi connectivity index (χ2n) is 4.23. The summed E-state index contributed by atoms with van der Waals surface area (Å²) in [4.78, 5) is 26.2. The first kappa shape index (κ1) is 12.2. The molecule has 0 amide bonds. The molecule has 0 saturated heterocycles. The second-order valence-corrected chi connectivity index (χ2v) is 4.23. The van der Waals surface area contributed by atoms with Crippen molar-refractivity contribution in [2.24, 2.45) is 0 Å². The number of aromatic nitrogens is 1. The second kappa shape index (κ2) is 4.30. The number of nitrogens with zero attached hydrogens (tertiary/aromatic N) is 1. The number of carbonyl (C=O) groups is 2. The Morgan fingerprint density at radius 1 is 1.31 bits per heavy atom. The molecule has 1 aromatic rings. The summed E-state index contributed by atoms with van der Waals surface area (Å²) in [5.41, 5.74) is -0.808. The van der Waals surface area contributed by atoms with Gasteiger partial charge in [-0.05, 0) is 26.8 Å². The van der Waals surface area contributed by atoms with Crippen molar-refractivity contribution in [3.05, 3.63) is 29.6 Å². The van der Waals surface area contributed by atoms with Gasteiger partial charge in [0.2, 0.25) is 0 Å². The summed E-state index contributed by atoms with van der Waals surface area (Å²) in [6.45, 7) is 5.13. The number of carbonyl (C=O) groups excluding carboxylic acids is 1. The lowest BCUT2D eigenvalue weighted by molar-refractivity contribution is 0.00654. The smallest absolute Gasteiger partial charge is 0.341 e. The minimum Gasteiger partial charge on any atom is -0.478 e. The molecule has 0 fully saturated rings. The van der Waals surface area contributed by atoms with Crippen molar-refractivity contribution in [3.8, 4) is 0 Å². The number of pyridine rings is 1. The molecule has 0 unspecified atom stereocenters. The molecule has 0 saturated carbocycles. The molecule has 5 heteroatoms. The zero-order valence-electron chi connectivity index (χ0n) is 9.35. The topological polar surface area (TPSA) is 76.5 Å². The summed E-state index contributed by atoms with van der Waals surface area (Å²) in [7, 11) is 0. The summed E-state index contributed by atoms with van der Waals surface area (Å²) in [5.74, 6) is -1.86. The number of ether oxygens (including phenoxy) is 1. The van der Waals surface area contributed by atoms with Crippen LogP contribution in [-0.4, -0.2) is 27.6 Å². The maximum Gasteiger partial charge on any atom is 0.341 e. The summed E-state index contributed by atoms with van der Waals surface area (Å²) >= 11 is 0. The van der Waals surface area contributed by atoms with Crippen LogP contribution in [0, 0.1) is 0 Å². The van der Waals surface area contributed by atoms with Crippen LogP contribution in [0.15, 0.2) is 18.5 Å². The number of rotatable bonds is 2. The number of aromatic carboxylic acids is 1. The maximum atomic E-state index is 11.7. The summed E-state index contributed by atoms with van der Waals surface area (Å²) < 4.78 is 5.07. The molecule has 16 heavy (non-hydrogen) atoms. The standard InChI is InChI=1S/C11H13NO4/c1-11(2,3)16-10(15)8-6-12-5-4-7(8)9(13)14/h4-6H,1-3H3,(H,13,14). The Morgan fingerprint density at radius 2 is 1.94 bits per heavy atom. The number of carboxylic acids is 1. The normalized spacial score (nSPS) is 10.9. The lowest BCUT2D eigenvalue weighted by Gasteiger charge is -2.19. The van der Waals surface area contributed by atoms with Crippen molar-refractivity contribution in [2.45, 2.75) is 26.4 Å². The minimum atomic E-state index is -1.18. The monoisotopic (exact) mass is 223 g/mol. The third-order valence-corrected chi connectivity index (χ3v) is 1.67. The van der Waals surface area contributed by atoms with E-state index in [9.17, 15) is 9.59 Å². The van der Waals surface area contributed by atoms with Gasteiger partial charge in [-0.2, -0.15) is 0 Å². The Balaban J connectivity index is 3.04. The average molecular weight is 223 g/mol. The van der Waals surface area contributed by atoms with Crippen LogP contribution in [0.2, 0.25) is 0 Å². The lowest BCUT2D eigenvalue weighted by Crippen LogP contribution is -2.25. The zero-order valence-corrected chi connectivity index (χ0v) is 9.35. The van der Waals surface area contributed by atoms with Crippen molar-refractivity contribution in [3.63, 3.8) is 0 Å². The van der Waals surface area contributed by atoms with Crippen LogP contribution in [0.5, 0.6) is 0 Å². The predicted molar refractivity (Wildman–Crippen MR) is 56.4 cm³/mol. The Hall–Kier alpha value is -1.91. The highest BCUT2D eigenvalue weighted by atomic mass is 16.6. The summed E-state index contributed by atoms with van der Waals surface area (Å²) in [6.07, 6.45) is 2.51. The van der Waals surface area contributed by atoms with Gasteiger partial charge in [0.15, 0.2) is 0 Å². The van der Waals surface area contributed by atoms with E-state index in [1.54, 1.807) is 20.8 Å².